The molecule has 0 amide bonds. The Balaban J connectivity index is 2.01. The zero-order valence-electron chi connectivity index (χ0n) is 10.6. The predicted molar refractivity (Wildman–Crippen MR) is 72.6 cm³/mol. The van der Waals surface area contributed by atoms with E-state index in [9.17, 15) is 0 Å². The first-order valence-corrected chi connectivity index (χ1v) is 6.34. The molecule has 2 aromatic rings. The number of aryl methyl sites for hydroxylation is 2. The van der Waals surface area contributed by atoms with E-state index in [-0.39, 0.29) is 6.04 Å². The fourth-order valence-electron chi connectivity index (χ4n) is 1.97. The highest BCUT2D eigenvalue weighted by molar-refractivity contribution is 6.30. The summed E-state index contributed by atoms with van der Waals surface area (Å²) in [4.78, 5) is 4.35. The largest absolute Gasteiger partial charge is 0.312 e. The molecule has 18 heavy (non-hydrogen) atoms. The van der Waals surface area contributed by atoms with Gasteiger partial charge >= 0.3 is 0 Å². The molecule has 1 unspecified atom stereocenters. The van der Waals surface area contributed by atoms with Crippen molar-refractivity contribution in [1.82, 2.24) is 20.1 Å². The van der Waals surface area contributed by atoms with Gasteiger partial charge < -0.3 is 5.32 Å². The van der Waals surface area contributed by atoms with Crippen LogP contribution in [0.5, 0.6) is 0 Å². The summed E-state index contributed by atoms with van der Waals surface area (Å²) >= 11 is 5.84. The fourth-order valence-corrected chi connectivity index (χ4v) is 2.08. The van der Waals surface area contributed by atoms with Crippen molar-refractivity contribution in [2.75, 3.05) is 7.05 Å². The summed E-state index contributed by atoms with van der Waals surface area (Å²) in [6.07, 6.45) is 5.45. The van der Waals surface area contributed by atoms with Gasteiger partial charge in [0.1, 0.15) is 0 Å². The highest BCUT2D eigenvalue weighted by atomic mass is 35.5. The molecule has 2 rings (SSSR count). The van der Waals surface area contributed by atoms with Crippen LogP contribution in [0.3, 0.4) is 0 Å². The van der Waals surface area contributed by atoms with Crippen LogP contribution in [0.25, 0.3) is 0 Å². The fraction of sp³-hybridized carbons (Fsp3) is 0.385. The van der Waals surface area contributed by atoms with Crippen LogP contribution in [0.1, 0.15) is 23.9 Å². The third-order valence-corrected chi connectivity index (χ3v) is 3.29. The Labute approximate surface area is 112 Å². The van der Waals surface area contributed by atoms with Gasteiger partial charge in [0, 0.05) is 31.2 Å². The molecule has 0 bridgehead atoms. The molecule has 0 radical (unpaired) electrons. The standard InChI is InChI=1S/C13H17ClN4/c1-15-12(13-5-3-10(14)9-16-13)6-4-11-7-8-17-18(11)2/h3,5,7-9,12,15H,4,6H2,1-2H3. The van der Waals surface area contributed by atoms with E-state index < -0.39 is 0 Å². The molecule has 0 fully saturated rings. The molecule has 1 atom stereocenters. The van der Waals surface area contributed by atoms with Crippen LogP contribution in [0, 0.1) is 0 Å². The molecule has 1 N–H and O–H groups in total. The lowest BCUT2D eigenvalue weighted by Gasteiger charge is -2.15. The molecule has 0 saturated heterocycles. The molecular weight excluding hydrogens is 248 g/mol. The van der Waals surface area contributed by atoms with Gasteiger partial charge in [0.2, 0.25) is 0 Å². The SMILES string of the molecule is CNC(CCc1ccnn1C)c1ccc(Cl)cn1. The summed E-state index contributed by atoms with van der Waals surface area (Å²) in [5, 5.41) is 8.12. The summed E-state index contributed by atoms with van der Waals surface area (Å²) in [5.74, 6) is 0. The van der Waals surface area contributed by atoms with Gasteiger partial charge in [0.05, 0.1) is 10.7 Å². The second-order valence-corrected chi connectivity index (χ2v) is 4.66. The van der Waals surface area contributed by atoms with Crippen molar-refractivity contribution in [3.05, 3.63) is 47.0 Å². The van der Waals surface area contributed by atoms with Crippen LogP contribution in [0.2, 0.25) is 5.02 Å². The molecular formula is C13H17ClN4. The minimum absolute atomic E-state index is 0.233. The minimum Gasteiger partial charge on any atom is -0.312 e. The Morgan fingerprint density at radius 3 is 2.78 bits per heavy atom. The Kier molecular flexibility index (Phi) is 4.33. The van der Waals surface area contributed by atoms with Crippen LogP contribution in [0.4, 0.5) is 0 Å². The average molecular weight is 265 g/mol. The van der Waals surface area contributed by atoms with Crippen molar-refractivity contribution in [2.45, 2.75) is 18.9 Å². The summed E-state index contributed by atoms with van der Waals surface area (Å²) in [6.45, 7) is 0. The van der Waals surface area contributed by atoms with E-state index in [0.29, 0.717) is 5.02 Å². The van der Waals surface area contributed by atoms with E-state index in [1.54, 1.807) is 6.20 Å². The van der Waals surface area contributed by atoms with E-state index in [0.717, 1.165) is 18.5 Å². The van der Waals surface area contributed by atoms with Crippen molar-refractivity contribution < 1.29 is 0 Å². The number of rotatable bonds is 5. The van der Waals surface area contributed by atoms with E-state index in [2.05, 4.69) is 15.4 Å². The van der Waals surface area contributed by atoms with Gasteiger partial charge in [0.15, 0.2) is 0 Å². The van der Waals surface area contributed by atoms with Gasteiger partial charge in [-0.1, -0.05) is 11.6 Å². The molecule has 0 aliphatic heterocycles. The van der Waals surface area contributed by atoms with Crippen LogP contribution in [-0.4, -0.2) is 21.8 Å². The van der Waals surface area contributed by atoms with Gasteiger partial charge in [0.25, 0.3) is 0 Å². The third kappa shape index (κ3) is 3.09. The van der Waals surface area contributed by atoms with E-state index in [4.69, 9.17) is 11.6 Å². The highest BCUT2D eigenvalue weighted by Gasteiger charge is 2.11. The van der Waals surface area contributed by atoms with Crippen LogP contribution >= 0.6 is 11.6 Å². The Morgan fingerprint density at radius 1 is 1.39 bits per heavy atom. The summed E-state index contributed by atoms with van der Waals surface area (Å²) in [7, 11) is 3.91. The predicted octanol–water partition coefficient (Wildman–Crippen LogP) is 2.36. The number of hydrogen-bond donors (Lipinski definition) is 1. The van der Waals surface area contributed by atoms with Crippen molar-refractivity contribution in [3.8, 4) is 0 Å². The maximum atomic E-state index is 5.84. The van der Waals surface area contributed by atoms with Crippen LogP contribution < -0.4 is 5.32 Å². The normalized spacial score (nSPS) is 12.6. The van der Waals surface area contributed by atoms with Gasteiger partial charge in [-0.3, -0.25) is 9.67 Å². The van der Waals surface area contributed by atoms with Crippen LogP contribution in [0.15, 0.2) is 30.6 Å². The zero-order valence-corrected chi connectivity index (χ0v) is 11.4. The van der Waals surface area contributed by atoms with Crippen molar-refractivity contribution in [2.24, 2.45) is 7.05 Å². The van der Waals surface area contributed by atoms with E-state index in [1.165, 1.54) is 5.69 Å². The molecule has 0 aliphatic carbocycles. The second kappa shape index (κ2) is 5.98. The smallest absolute Gasteiger partial charge is 0.0589 e. The molecule has 96 valence electrons. The maximum Gasteiger partial charge on any atom is 0.0589 e. The molecule has 0 spiro atoms. The Morgan fingerprint density at radius 2 is 2.22 bits per heavy atom. The molecule has 5 heteroatoms. The van der Waals surface area contributed by atoms with Crippen LogP contribution in [-0.2, 0) is 13.5 Å². The number of nitrogens with zero attached hydrogens (tertiary/aromatic N) is 3. The second-order valence-electron chi connectivity index (χ2n) is 4.23. The first kappa shape index (κ1) is 13.1. The lowest BCUT2D eigenvalue weighted by molar-refractivity contribution is 0.524. The molecule has 0 saturated carbocycles. The van der Waals surface area contributed by atoms with E-state index >= 15 is 0 Å². The number of nitrogens with one attached hydrogen (secondary N) is 1. The monoisotopic (exact) mass is 264 g/mol. The van der Waals surface area contributed by atoms with Gasteiger partial charge in [-0.25, -0.2) is 0 Å². The maximum absolute atomic E-state index is 5.84. The topological polar surface area (TPSA) is 42.7 Å². The zero-order chi connectivity index (χ0) is 13.0. The van der Waals surface area contributed by atoms with Crippen molar-refractivity contribution in [1.29, 1.82) is 0 Å². The quantitative estimate of drug-likeness (QED) is 0.902. The number of halogens is 1. The Hall–Kier alpha value is -1.39. The molecule has 0 aromatic carbocycles. The summed E-state index contributed by atoms with van der Waals surface area (Å²) in [5.41, 5.74) is 2.24. The third-order valence-electron chi connectivity index (χ3n) is 3.07. The molecule has 2 heterocycles. The lowest BCUT2D eigenvalue weighted by Crippen LogP contribution is -2.18. The Bertz CT molecular complexity index is 492. The number of hydrogen-bond acceptors (Lipinski definition) is 3. The van der Waals surface area contributed by atoms with Crippen molar-refractivity contribution in [3.63, 3.8) is 0 Å². The summed E-state index contributed by atoms with van der Waals surface area (Å²) < 4.78 is 1.90. The molecule has 0 aliphatic rings. The van der Waals surface area contributed by atoms with Gasteiger partial charge in [-0.2, -0.15) is 5.10 Å². The lowest BCUT2D eigenvalue weighted by atomic mass is 10.1. The number of pyridine rings is 1. The van der Waals surface area contributed by atoms with Crippen molar-refractivity contribution >= 4 is 11.6 Å². The van der Waals surface area contributed by atoms with E-state index in [1.807, 2.05) is 43.2 Å². The van der Waals surface area contributed by atoms with Gasteiger partial charge in [-0.05, 0) is 38.1 Å². The molecule has 2 aromatic heterocycles. The minimum atomic E-state index is 0.233. The highest BCUT2D eigenvalue weighted by Crippen LogP contribution is 2.18. The first-order chi connectivity index (χ1) is 8.70. The van der Waals surface area contributed by atoms with Gasteiger partial charge in [-0.15, -0.1) is 0 Å². The molecule has 4 nitrogen and oxygen atoms in total. The summed E-state index contributed by atoms with van der Waals surface area (Å²) in [6, 6.07) is 6.12. The average Bonchev–Trinajstić information content (AvgIpc) is 2.78. The first-order valence-electron chi connectivity index (χ1n) is 5.96. The number of aromatic nitrogens is 3.